The van der Waals surface area contributed by atoms with E-state index in [4.69, 9.17) is 18.9 Å². The molecule has 0 bridgehead atoms. The van der Waals surface area contributed by atoms with Crippen LogP contribution in [0.15, 0.2) is 93.9 Å². The number of hydrogen-bond acceptors (Lipinski definition) is 8. The number of aromatic nitrogens is 1. The molecular formula is C36H38N2O6S. The fourth-order valence-electron chi connectivity index (χ4n) is 5.15. The van der Waals surface area contributed by atoms with Gasteiger partial charge in [-0.15, -0.1) is 0 Å². The second-order valence-electron chi connectivity index (χ2n) is 10.7. The number of carbonyl (C=O) groups is 1. The van der Waals surface area contributed by atoms with E-state index in [9.17, 15) is 9.59 Å². The van der Waals surface area contributed by atoms with E-state index in [0.717, 1.165) is 23.3 Å². The molecule has 0 saturated heterocycles. The maximum atomic E-state index is 13.8. The highest BCUT2D eigenvalue weighted by atomic mass is 32.1. The molecule has 4 aromatic rings. The summed E-state index contributed by atoms with van der Waals surface area (Å²) in [5, 5.41) is 0. The van der Waals surface area contributed by atoms with Crippen molar-refractivity contribution in [1.29, 1.82) is 0 Å². The lowest BCUT2D eigenvalue weighted by molar-refractivity contribution is -0.139. The zero-order valence-electron chi connectivity index (χ0n) is 26.2. The third-order valence-corrected chi connectivity index (χ3v) is 8.79. The lowest BCUT2D eigenvalue weighted by atomic mass is 9.96. The van der Waals surface area contributed by atoms with Gasteiger partial charge in [-0.3, -0.25) is 9.36 Å². The van der Waals surface area contributed by atoms with Crippen molar-refractivity contribution in [2.45, 2.75) is 46.1 Å². The second kappa shape index (κ2) is 14.4. The Morgan fingerprint density at radius 3 is 2.11 bits per heavy atom. The highest BCUT2D eigenvalue weighted by Crippen LogP contribution is 2.31. The van der Waals surface area contributed by atoms with E-state index in [-0.39, 0.29) is 12.2 Å². The maximum Gasteiger partial charge on any atom is 0.338 e. The summed E-state index contributed by atoms with van der Waals surface area (Å²) in [5.74, 6) is 2.24. The minimum Gasteiger partial charge on any atom is -0.497 e. The Balaban J connectivity index is 1.32. The van der Waals surface area contributed by atoms with Crippen LogP contribution in [-0.2, 0) is 9.53 Å². The van der Waals surface area contributed by atoms with Crippen LogP contribution in [0.25, 0.3) is 6.08 Å². The van der Waals surface area contributed by atoms with Crippen molar-refractivity contribution in [3.63, 3.8) is 0 Å². The predicted molar refractivity (Wildman–Crippen MR) is 176 cm³/mol. The maximum absolute atomic E-state index is 13.8. The number of carbonyl (C=O) groups excluding carboxylic acids is 1. The summed E-state index contributed by atoms with van der Waals surface area (Å²) in [4.78, 5) is 32.1. The van der Waals surface area contributed by atoms with Gasteiger partial charge in [-0.1, -0.05) is 61.6 Å². The zero-order chi connectivity index (χ0) is 31.9. The van der Waals surface area contributed by atoms with E-state index >= 15 is 0 Å². The SMILES string of the molecule is CCOC(=O)C1=C(C)N=c2sc(=Cc3ccc(OCCOc4ccc(C(C)CC)cc4)cc3)c(=O)n2C1c1ccc(OC)cc1. The molecule has 8 nitrogen and oxygen atoms in total. The summed E-state index contributed by atoms with van der Waals surface area (Å²) in [7, 11) is 1.59. The molecule has 3 aromatic carbocycles. The fraction of sp³-hybridized carbons (Fsp3) is 0.306. The number of rotatable bonds is 12. The number of benzene rings is 3. The van der Waals surface area contributed by atoms with E-state index in [1.165, 1.54) is 16.9 Å². The van der Waals surface area contributed by atoms with Crippen LogP contribution in [0.5, 0.6) is 17.2 Å². The molecule has 234 valence electrons. The van der Waals surface area contributed by atoms with Crippen LogP contribution in [-0.4, -0.2) is 37.5 Å². The molecule has 2 atom stereocenters. The molecule has 0 spiro atoms. The monoisotopic (exact) mass is 626 g/mol. The van der Waals surface area contributed by atoms with Crippen LogP contribution >= 0.6 is 11.3 Å². The van der Waals surface area contributed by atoms with E-state index in [1.54, 1.807) is 25.5 Å². The quantitative estimate of drug-likeness (QED) is 0.146. The molecule has 0 saturated carbocycles. The van der Waals surface area contributed by atoms with Gasteiger partial charge < -0.3 is 18.9 Å². The van der Waals surface area contributed by atoms with E-state index < -0.39 is 12.0 Å². The van der Waals surface area contributed by atoms with Crippen molar-refractivity contribution in [3.8, 4) is 17.2 Å². The standard InChI is InChI=1S/C36H38N2O6S/c1-6-23(3)26-10-18-30(19-11-26)44-21-20-43-29-14-8-25(9-15-29)22-31-34(39)38-33(27-12-16-28(41-5)17-13-27)32(35(40)42-7-2)24(4)37-36(38)45-31/h8-19,22-23,33H,6-7,20-21H2,1-5H3. The Bertz CT molecular complexity index is 1840. The number of allylic oxidation sites excluding steroid dienone is 1. The van der Waals surface area contributed by atoms with Gasteiger partial charge in [-0.25, -0.2) is 9.79 Å². The molecule has 2 heterocycles. The molecule has 0 aliphatic carbocycles. The summed E-state index contributed by atoms with van der Waals surface area (Å²) < 4.78 is 24.5. The summed E-state index contributed by atoms with van der Waals surface area (Å²) in [6, 6.07) is 22.4. The Hall–Kier alpha value is -4.63. The van der Waals surface area contributed by atoms with Crippen LogP contribution in [0.1, 0.15) is 62.8 Å². The Morgan fingerprint density at radius 1 is 0.933 bits per heavy atom. The van der Waals surface area contributed by atoms with Crippen LogP contribution in [0.4, 0.5) is 0 Å². The van der Waals surface area contributed by atoms with Crippen LogP contribution in [0, 0.1) is 0 Å². The normalized spacial score (nSPS) is 15.2. The number of hydrogen-bond donors (Lipinski definition) is 0. The minimum absolute atomic E-state index is 0.217. The Kier molecular flexibility index (Phi) is 10.2. The first kappa shape index (κ1) is 31.8. The van der Waals surface area contributed by atoms with Crippen molar-refractivity contribution < 1.29 is 23.7 Å². The zero-order valence-corrected chi connectivity index (χ0v) is 27.1. The van der Waals surface area contributed by atoms with Gasteiger partial charge in [0.2, 0.25) is 0 Å². The molecule has 9 heteroatoms. The van der Waals surface area contributed by atoms with Crippen molar-refractivity contribution >= 4 is 23.4 Å². The molecule has 5 rings (SSSR count). The van der Waals surface area contributed by atoms with Crippen LogP contribution < -0.4 is 29.1 Å². The summed E-state index contributed by atoms with van der Waals surface area (Å²) >= 11 is 1.29. The van der Waals surface area contributed by atoms with Crippen molar-refractivity contribution in [3.05, 3.63) is 120 Å². The van der Waals surface area contributed by atoms with Crippen molar-refractivity contribution in [2.24, 2.45) is 4.99 Å². The summed E-state index contributed by atoms with van der Waals surface area (Å²) in [5.41, 5.74) is 3.54. The third kappa shape index (κ3) is 7.20. The molecule has 45 heavy (non-hydrogen) atoms. The van der Waals surface area contributed by atoms with Crippen LogP contribution in [0.3, 0.4) is 0 Å². The minimum atomic E-state index is -0.677. The first-order chi connectivity index (χ1) is 21.8. The van der Waals surface area contributed by atoms with Gasteiger partial charge in [0.25, 0.3) is 5.56 Å². The van der Waals surface area contributed by atoms with E-state index in [0.29, 0.717) is 51.2 Å². The van der Waals surface area contributed by atoms with Gasteiger partial charge in [0.1, 0.15) is 30.5 Å². The molecule has 0 amide bonds. The highest BCUT2D eigenvalue weighted by molar-refractivity contribution is 7.07. The first-order valence-electron chi connectivity index (χ1n) is 15.1. The van der Waals surface area contributed by atoms with Gasteiger partial charge in [-0.2, -0.15) is 0 Å². The molecule has 0 N–H and O–H groups in total. The Labute approximate surface area is 266 Å². The lowest BCUT2D eigenvalue weighted by Gasteiger charge is -2.24. The molecular weight excluding hydrogens is 588 g/mol. The van der Waals surface area contributed by atoms with E-state index in [1.807, 2.05) is 66.7 Å². The van der Waals surface area contributed by atoms with Gasteiger partial charge in [0.15, 0.2) is 4.80 Å². The third-order valence-electron chi connectivity index (χ3n) is 7.81. The first-order valence-corrected chi connectivity index (χ1v) is 15.9. The average Bonchev–Trinajstić information content (AvgIpc) is 3.36. The second-order valence-corrected chi connectivity index (χ2v) is 11.7. The number of fused-ring (bicyclic) bond motifs is 1. The molecule has 1 aliphatic rings. The molecule has 0 radical (unpaired) electrons. The number of methoxy groups -OCH3 is 1. The number of thiazole rings is 1. The van der Waals surface area contributed by atoms with E-state index in [2.05, 4.69) is 31.0 Å². The van der Waals surface area contributed by atoms with Crippen LogP contribution in [0.2, 0.25) is 0 Å². The summed E-state index contributed by atoms with van der Waals surface area (Å²) in [6.07, 6.45) is 2.93. The molecule has 2 unspecified atom stereocenters. The number of esters is 1. The topological polar surface area (TPSA) is 88.4 Å². The predicted octanol–water partition coefficient (Wildman–Crippen LogP) is 5.78. The lowest BCUT2D eigenvalue weighted by Crippen LogP contribution is -2.39. The number of ether oxygens (including phenoxy) is 4. The van der Waals surface area contributed by atoms with Gasteiger partial charge in [0, 0.05) is 0 Å². The summed E-state index contributed by atoms with van der Waals surface area (Å²) in [6.45, 7) is 8.97. The molecule has 0 fully saturated rings. The smallest absolute Gasteiger partial charge is 0.338 e. The fourth-order valence-corrected chi connectivity index (χ4v) is 6.20. The average molecular weight is 627 g/mol. The van der Waals surface area contributed by atoms with Gasteiger partial charge in [0.05, 0.1) is 35.6 Å². The Morgan fingerprint density at radius 2 is 1.53 bits per heavy atom. The number of nitrogens with zero attached hydrogens (tertiary/aromatic N) is 2. The molecule has 1 aliphatic heterocycles. The van der Waals surface area contributed by atoms with Gasteiger partial charge >= 0.3 is 5.97 Å². The largest absolute Gasteiger partial charge is 0.497 e. The molecule has 1 aromatic heterocycles. The van der Waals surface area contributed by atoms with Crippen molar-refractivity contribution in [1.82, 2.24) is 4.57 Å². The van der Waals surface area contributed by atoms with Crippen molar-refractivity contribution in [2.75, 3.05) is 26.9 Å². The van der Waals surface area contributed by atoms with Gasteiger partial charge in [-0.05, 0) is 85.4 Å². The highest BCUT2D eigenvalue weighted by Gasteiger charge is 2.33.